The lowest BCUT2D eigenvalue weighted by atomic mass is 9.56. The Labute approximate surface area is 168 Å². The molecule has 0 aromatic carbocycles. The number of nitrogens with zero attached hydrogens (tertiary/aromatic N) is 2. The van der Waals surface area contributed by atoms with E-state index < -0.39 is 12.6 Å². The molecule has 0 spiro atoms. The van der Waals surface area contributed by atoms with E-state index in [-0.39, 0.29) is 18.4 Å². The molecule has 7 heteroatoms. The molecule has 4 nitrogen and oxygen atoms in total. The van der Waals surface area contributed by atoms with Crippen molar-refractivity contribution in [1.82, 2.24) is 14.9 Å². The number of carbonyl (C=O) groups is 1. The summed E-state index contributed by atoms with van der Waals surface area (Å²) in [5.74, 6) is 3.50. The molecule has 1 aromatic heterocycles. The molecule has 3 fully saturated rings. The summed E-state index contributed by atoms with van der Waals surface area (Å²) in [6, 6.07) is 0.498. The topological polar surface area (TPSA) is 46.9 Å². The molecule has 2 heterocycles. The summed E-state index contributed by atoms with van der Waals surface area (Å²) >= 11 is 0. The minimum absolute atomic E-state index is 0.103. The molecule has 0 radical (unpaired) electrons. The first-order valence-corrected chi connectivity index (χ1v) is 11.0. The maximum Gasteiger partial charge on any atom is 0.390 e. The van der Waals surface area contributed by atoms with E-state index in [9.17, 15) is 18.0 Å². The Balaban J connectivity index is 1.25. The highest BCUT2D eigenvalue weighted by atomic mass is 19.4. The van der Waals surface area contributed by atoms with Crippen LogP contribution >= 0.6 is 0 Å². The van der Waals surface area contributed by atoms with E-state index in [1.807, 2.05) is 6.20 Å². The summed E-state index contributed by atoms with van der Waals surface area (Å²) in [6.07, 6.45) is 9.66. The fourth-order valence-corrected chi connectivity index (χ4v) is 7.02. The molecule has 1 aromatic rings. The van der Waals surface area contributed by atoms with Gasteiger partial charge in [-0.15, -0.1) is 0 Å². The smallest absolute Gasteiger partial charge is 0.356 e. The van der Waals surface area contributed by atoms with Crippen molar-refractivity contribution in [3.05, 3.63) is 24.3 Å². The Hall–Kier alpha value is -1.79. The third-order valence-corrected chi connectivity index (χ3v) is 8.11. The molecule has 29 heavy (non-hydrogen) atoms. The Morgan fingerprint density at radius 2 is 1.79 bits per heavy atom. The van der Waals surface area contributed by atoms with Crippen molar-refractivity contribution in [2.75, 3.05) is 6.54 Å². The van der Waals surface area contributed by atoms with Crippen molar-refractivity contribution in [3.63, 3.8) is 0 Å². The number of hydrogen-bond donors (Lipinski definition) is 1. The number of nitrogens with one attached hydrogen (secondary N) is 1. The largest absolute Gasteiger partial charge is 0.390 e. The minimum atomic E-state index is -4.22. The molecule has 1 N–H and O–H groups in total. The molecule has 158 valence electrons. The monoisotopic (exact) mass is 407 g/mol. The van der Waals surface area contributed by atoms with Gasteiger partial charge in [-0.1, -0.05) is 6.08 Å². The van der Waals surface area contributed by atoms with Gasteiger partial charge in [0.2, 0.25) is 5.91 Å². The van der Waals surface area contributed by atoms with Gasteiger partial charge >= 0.3 is 6.18 Å². The highest BCUT2D eigenvalue weighted by Gasteiger charge is 2.52. The summed E-state index contributed by atoms with van der Waals surface area (Å²) in [5, 5.41) is 2.56. The molecule has 0 bridgehead atoms. The van der Waals surface area contributed by atoms with E-state index in [1.54, 1.807) is 0 Å². The van der Waals surface area contributed by atoms with Gasteiger partial charge in [-0.25, -0.2) is 4.98 Å². The Bertz CT molecular complexity index is 801. The normalized spacial score (nSPS) is 38.0. The van der Waals surface area contributed by atoms with Crippen LogP contribution in [0, 0.1) is 35.5 Å². The molecule has 0 saturated heterocycles. The molecular formula is C22H28F3N3O. The zero-order valence-corrected chi connectivity index (χ0v) is 16.4. The summed E-state index contributed by atoms with van der Waals surface area (Å²) in [5.41, 5.74) is 0. The van der Waals surface area contributed by atoms with Gasteiger partial charge in [-0.3, -0.25) is 4.79 Å². The van der Waals surface area contributed by atoms with Crippen LogP contribution in [0.1, 0.15) is 56.8 Å². The van der Waals surface area contributed by atoms with E-state index in [4.69, 9.17) is 0 Å². The van der Waals surface area contributed by atoms with Crippen LogP contribution in [-0.4, -0.2) is 28.2 Å². The summed E-state index contributed by atoms with van der Waals surface area (Å²) < 4.78 is 39.5. The van der Waals surface area contributed by atoms with Gasteiger partial charge < -0.3 is 9.88 Å². The van der Waals surface area contributed by atoms with Gasteiger partial charge in [0, 0.05) is 36.8 Å². The van der Waals surface area contributed by atoms with Crippen LogP contribution in [0.3, 0.4) is 0 Å². The van der Waals surface area contributed by atoms with E-state index in [0.717, 1.165) is 37.9 Å². The van der Waals surface area contributed by atoms with Crippen molar-refractivity contribution in [2.45, 2.75) is 57.2 Å². The van der Waals surface area contributed by atoms with Gasteiger partial charge in [-0.05, 0) is 68.3 Å². The molecule has 5 rings (SSSR count). The quantitative estimate of drug-likeness (QED) is 0.796. The Morgan fingerprint density at radius 3 is 2.62 bits per heavy atom. The maximum absolute atomic E-state index is 12.6. The fourth-order valence-electron chi connectivity index (χ4n) is 7.02. The van der Waals surface area contributed by atoms with Crippen molar-refractivity contribution < 1.29 is 18.0 Å². The fraction of sp³-hybridized carbons (Fsp3) is 0.727. The van der Waals surface area contributed by atoms with Gasteiger partial charge in [-0.2, -0.15) is 13.2 Å². The molecule has 7 atom stereocenters. The standard InChI is InChI=1S/C22H28F3N3O/c23-22(24,25)9-10-27-21(29)18-4-3-13-14-5-7-19-17(15(14)1-2-16(13)18)6-8-20-26-11-12-28(19)20/h6,8,11-19H,1-5,7,9-10H2,(H,27,29)/t13-,14-,15-,16-,17+,18+,19?/m0/s1. The SMILES string of the molecule is O=C(NCCC(F)(F)F)[C@@H]1CC[C@H]2[C@@H]3CCC4[C@H](C=Cc5nccn54)[C@H]3CC[C@@H]21. The molecule has 3 saturated carbocycles. The summed E-state index contributed by atoms with van der Waals surface area (Å²) in [7, 11) is 0. The first kappa shape index (κ1) is 19.2. The number of imidazole rings is 1. The van der Waals surface area contributed by atoms with Crippen molar-refractivity contribution >= 4 is 12.0 Å². The predicted molar refractivity (Wildman–Crippen MR) is 103 cm³/mol. The lowest BCUT2D eigenvalue weighted by Gasteiger charge is -2.51. The number of halogens is 3. The van der Waals surface area contributed by atoms with E-state index >= 15 is 0 Å². The number of aromatic nitrogens is 2. The summed E-state index contributed by atoms with van der Waals surface area (Å²) in [4.78, 5) is 17.0. The highest BCUT2D eigenvalue weighted by Crippen LogP contribution is 2.58. The van der Waals surface area contributed by atoms with Crippen LogP contribution < -0.4 is 5.32 Å². The van der Waals surface area contributed by atoms with Crippen LogP contribution in [-0.2, 0) is 4.79 Å². The van der Waals surface area contributed by atoms with Crippen LogP contribution in [0.25, 0.3) is 6.08 Å². The number of carbonyl (C=O) groups excluding carboxylic acids is 1. The maximum atomic E-state index is 12.6. The van der Waals surface area contributed by atoms with Crippen LogP contribution in [0.15, 0.2) is 18.5 Å². The van der Waals surface area contributed by atoms with Gasteiger partial charge in [0.25, 0.3) is 0 Å². The minimum Gasteiger partial charge on any atom is -0.356 e. The van der Waals surface area contributed by atoms with Crippen molar-refractivity contribution in [3.8, 4) is 0 Å². The van der Waals surface area contributed by atoms with Crippen LogP contribution in [0.5, 0.6) is 0 Å². The lowest BCUT2D eigenvalue weighted by molar-refractivity contribution is -0.137. The molecular weight excluding hydrogens is 379 g/mol. The third-order valence-electron chi connectivity index (χ3n) is 8.11. The Morgan fingerprint density at radius 1 is 1.07 bits per heavy atom. The van der Waals surface area contributed by atoms with E-state index in [0.29, 0.717) is 35.6 Å². The van der Waals surface area contributed by atoms with Crippen molar-refractivity contribution in [2.24, 2.45) is 35.5 Å². The first-order valence-electron chi connectivity index (χ1n) is 11.0. The van der Waals surface area contributed by atoms with Gasteiger partial charge in [0.05, 0.1) is 6.42 Å². The second-order valence-corrected chi connectivity index (χ2v) is 9.35. The van der Waals surface area contributed by atoms with Gasteiger partial charge in [0.15, 0.2) is 0 Å². The number of amides is 1. The van der Waals surface area contributed by atoms with E-state index in [1.165, 1.54) is 6.42 Å². The second kappa shape index (κ2) is 7.17. The zero-order chi connectivity index (χ0) is 20.2. The first-order chi connectivity index (χ1) is 13.9. The van der Waals surface area contributed by atoms with E-state index in [2.05, 4.69) is 33.2 Å². The average molecular weight is 407 g/mol. The number of rotatable bonds is 3. The summed E-state index contributed by atoms with van der Waals surface area (Å²) in [6.45, 7) is -0.302. The molecule has 3 aliphatic carbocycles. The van der Waals surface area contributed by atoms with Crippen LogP contribution in [0.4, 0.5) is 13.2 Å². The molecule has 1 aliphatic heterocycles. The van der Waals surface area contributed by atoms with Crippen LogP contribution in [0.2, 0.25) is 0 Å². The Kier molecular flexibility index (Phi) is 4.74. The predicted octanol–water partition coefficient (Wildman–Crippen LogP) is 4.60. The molecule has 4 aliphatic rings. The number of alkyl halides is 3. The van der Waals surface area contributed by atoms with Crippen molar-refractivity contribution in [1.29, 1.82) is 0 Å². The third kappa shape index (κ3) is 3.40. The number of allylic oxidation sites excluding steroid dienone is 1. The van der Waals surface area contributed by atoms with Gasteiger partial charge in [0.1, 0.15) is 5.82 Å². The second-order valence-electron chi connectivity index (χ2n) is 9.35. The lowest BCUT2D eigenvalue weighted by Crippen LogP contribution is -2.45. The highest BCUT2D eigenvalue weighted by molar-refractivity contribution is 5.79. The molecule has 1 unspecified atom stereocenters. The number of hydrogen-bond acceptors (Lipinski definition) is 2. The average Bonchev–Trinajstić information content (AvgIpc) is 3.33. The zero-order valence-electron chi connectivity index (χ0n) is 16.4. The number of fused-ring (bicyclic) bond motifs is 7. The molecule has 1 amide bonds.